The van der Waals surface area contributed by atoms with Crippen LogP contribution < -0.4 is 11.1 Å². The molecule has 4 N–H and O–H groups in total. The molecule has 104 valence electrons. The van der Waals surface area contributed by atoms with Crippen LogP contribution in [0.5, 0.6) is 0 Å². The minimum absolute atomic E-state index is 0.00194. The van der Waals surface area contributed by atoms with Crippen LogP contribution in [0, 0.1) is 0 Å². The maximum atomic E-state index is 11.7. The Morgan fingerprint density at radius 1 is 1.37 bits per heavy atom. The summed E-state index contributed by atoms with van der Waals surface area (Å²) >= 11 is 0. The molecule has 6 nitrogen and oxygen atoms in total. The Hall–Kier alpha value is -1.92. The molecule has 2 unspecified atom stereocenters. The molecule has 0 bridgehead atoms. The lowest BCUT2D eigenvalue weighted by Gasteiger charge is -2.17. The first-order chi connectivity index (χ1) is 9.10. The lowest BCUT2D eigenvalue weighted by molar-refractivity contribution is -0.139. The molecule has 0 aliphatic heterocycles. The molecular weight excluding hydrogens is 248 g/mol. The number of aliphatic carboxylic acids is 1. The fourth-order valence-electron chi connectivity index (χ4n) is 1.66. The Balaban J connectivity index is 2.66. The molecule has 1 rings (SSSR count). The van der Waals surface area contributed by atoms with Crippen molar-refractivity contribution in [3.05, 3.63) is 35.9 Å². The Bertz CT molecular complexity index is 418. The predicted molar refractivity (Wildman–Crippen MR) is 69.7 cm³/mol. The molecule has 1 aromatic carbocycles. The average Bonchev–Trinajstić information content (AvgIpc) is 2.41. The van der Waals surface area contributed by atoms with Gasteiger partial charge in [-0.3, -0.25) is 9.59 Å². The van der Waals surface area contributed by atoms with Gasteiger partial charge in [0.15, 0.2) is 0 Å². The van der Waals surface area contributed by atoms with Crippen molar-refractivity contribution in [2.24, 2.45) is 5.73 Å². The van der Waals surface area contributed by atoms with Gasteiger partial charge in [0, 0.05) is 20.2 Å². The van der Waals surface area contributed by atoms with Gasteiger partial charge in [-0.1, -0.05) is 30.3 Å². The highest BCUT2D eigenvalue weighted by Crippen LogP contribution is 2.14. The van der Waals surface area contributed by atoms with Crippen molar-refractivity contribution < 1.29 is 19.4 Å². The summed E-state index contributed by atoms with van der Waals surface area (Å²) in [4.78, 5) is 22.9. The van der Waals surface area contributed by atoms with Gasteiger partial charge in [-0.15, -0.1) is 0 Å². The van der Waals surface area contributed by atoms with Gasteiger partial charge in [0.1, 0.15) is 6.10 Å². The third-order valence-corrected chi connectivity index (χ3v) is 2.77. The van der Waals surface area contributed by atoms with Crippen LogP contribution in [0.2, 0.25) is 0 Å². The lowest BCUT2D eigenvalue weighted by atomic mass is 9.99. The van der Waals surface area contributed by atoms with E-state index < -0.39 is 23.9 Å². The van der Waals surface area contributed by atoms with E-state index >= 15 is 0 Å². The normalized spacial score (nSPS) is 13.6. The highest BCUT2D eigenvalue weighted by molar-refractivity contribution is 5.82. The van der Waals surface area contributed by atoms with E-state index in [1.807, 2.05) is 0 Å². The molecule has 0 heterocycles. The molecule has 0 fully saturated rings. The van der Waals surface area contributed by atoms with Crippen LogP contribution in [0.25, 0.3) is 0 Å². The predicted octanol–water partition coefficient (Wildman–Crippen LogP) is -0.0553. The van der Waals surface area contributed by atoms with Gasteiger partial charge >= 0.3 is 5.97 Å². The fourth-order valence-corrected chi connectivity index (χ4v) is 1.66. The summed E-state index contributed by atoms with van der Waals surface area (Å²) in [5, 5.41) is 11.7. The fraction of sp³-hybridized carbons (Fsp3) is 0.385. The van der Waals surface area contributed by atoms with Gasteiger partial charge < -0.3 is 20.9 Å². The topological polar surface area (TPSA) is 102 Å². The molecule has 0 radical (unpaired) electrons. The molecule has 19 heavy (non-hydrogen) atoms. The zero-order valence-corrected chi connectivity index (χ0v) is 10.7. The zero-order chi connectivity index (χ0) is 14.3. The maximum absolute atomic E-state index is 11.7. The van der Waals surface area contributed by atoms with E-state index in [1.54, 1.807) is 30.3 Å². The Kier molecular flexibility index (Phi) is 5.98. The molecule has 0 spiro atoms. The molecule has 0 aliphatic rings. The van der Waals surface area contributed by atoms with Gasteiger partial charge in [0.25, 0.3) is 0 Å². The molecular formula is C13H18N2O4. The smallest absolute Gasteiger partial charge is 0.312 e. The van der Waals surface area contributed by atoms with E-state index in [1.165, 1.54) is 7.11 Å². The van der Waals surface area contributed by atoms with Crippen molar-refractivity contribution in [1.29, 1.82) is 0 Å². The van der Waals surface area contributed by atoms with E-state index in [-0.39, 0.29) is 13.1 Å². The quantitative estimate of drug-likeness (QED) is 0.642. The molecule has 2 atom stereocenters. The molecule has 0 aromatic heterocycles. The van der Waals surface area contributed by atoms with Crippen LogP contribution in [0.1, 0.15) is 11.5 Å². The van der Waals surface area contributed by atoms with Crippen LogP contribution in [0.4, 0.5) is 0 Å². The zero-order valence-electron chi connectivity index (χ0n) is 10.7. The second kappa shape index (κ2) is 7.50. The van der Waals surface area contributed by atoms with Crippen molar-refractivity contribution in [2.75, 3.05) is 20.2 Å². The number of hydrogen-bond acceptors (Lipinski definition) is 4. The molecule has 6 heteroatoms. The lowest BCUT2D eigenvalue weighted by Crippen LogP contribution is -2.42. The summed E-state index contributed by atoms with van der Waals surface area (Å²) in [6.07, 6.45) is -0.759. The van der Waals surface area contributed by atoms with Crippen molar-refractivity contribution in [3.8, 4) is 0 Å². The number of amides is 1. The highest BCUT2D eigenvalue weighted by Gasteiger charge is 2.22. The molecule has 0 aliphatic carbocycles. The van der Waals surface area contributed by atoms with Gasteiger partial charge in [-0.05, 0) is 5.56 Å². The van der Waals surface area contributed by atoms with E-state index in [0.717, 1.165) is 0 Å². The maximum Gasteiger partial charge on any atom is 0.312 e. The standard InChI is InChI=1S/C13H18N2O4/c1-19-11(7-14)12(16)15-8-10(13(17)18)9-5-3-2-4-6-9/h2-6,10-11H,7-8,14H2,1H3,(H,15,16)(H,17,18). The summed E-state index contributed by atoms with van der Waals surface area (Å²) in [6.45, 7) is 0.0451. The third kappa shape index (κ3) is 4.35. The average molecular weight is 266 g/mol. The monoisotopic (exact) mass is 266 g/mol. The summed E-state index contributed by atoms with van der Waals surface area (Å²) in [5.41, 5.74) is 6.00. The van der Waals surface area contributed by atoms with Crippen LogP contribution in [0.3, 0.4) is 0 Å². The van der Waals surface area contributed by atoms with Gasteiger partial charge in [-0.2, -0.15) is 0 Å². The Labute approximate surface area is 111 Å². The van der Waals surface area contributed by atoms with E-state index in [9.17, 15) is 14.7 Å². The van der Waals surface area contributed by atoms with Crippen LogP contribution in [0.15, 0.2) is 30.3 Å². The number of carbonyl (C=O) groups excluding carboxylic acids is 1. The number of methoxy groups -OCH3 is 1. The number of carboxylic acids is 1. The number of carboxylic acid groups (broad SMARTS) is 1. The number of benzene rings is 1. The first-order valence-electron chi connectivity index (χ1n) is 5.88. The summed E-state index contributed by atoms with van der Waals surface area (Å²) in [6, 6.07) is 8.73. The second-order valence-corrected chi connectivity index (χ2v) is 4.01. The van der Waals surface area contributed by atoms with E-state index in [4.69, 9.17) is 10.5 Å². The third-order valence-electron chi connectivity index (χ3n) is 2.77. The first kappa shape index (κ1) is 15.1. The number of carbonyl (C=O) groups is 2. The number of nitrogens with one attached hydrogen (secondary N) is 1. The largest absolute Gasteiger partial charge is 0.481 e. The van der Waals surface area contributed by atoms with Gasteiger partial charge in [0.2, 0.25) is 5.91 Å². The van der Waals surface area contributed by atoms with Crippen molar-refractivity contribution in [3.63, 3.8) is 0 Å². The van der Waals surface area contributed by atoms with E-state index in [2.05, 4.69) is 5.32 Å². The number of nitrogens with two attached hydrogens (primary N) is 1. The Morgan fingerprint density at radius 3 is 2.47 bits per heavy atom. The number of ether oxygens (including phenoxy) is 1. The van der Waals surface area contributed by atoms with Crippen LogP contribution in [-0.4, -0.2) is 43.3 Å². The first-order valence-corrected chi connectivity index (χ1v) is 5.88. The van der Waals surface area contributed by atoms with E-state index in [0.29, 0.717) is 5.56 Å². The summed E-state index contributed by atoms with van der Waals surface area (Å²) in [7, 11) is 1.38. The van der Waals surface area contributed by atoms with Gasteiger partial charge in [0.05, 0.1) is 5.92 Å². The van der Waals surface area contributed by atoms with Crippen molar-refractivity contribution in [2.45, 2.75) is 12.0 Å². The second-order valence-electron chi connectivity index (χ2n) is 4.01. The minimum atomic E-state index is -0.992. The SMILES string of the molecule is COC(CN)C(=O)NCC(C(=O)O)c1ccccc1. The van der Waals surface area contributed by atoms with Crippen LogP contribution >= 0.6 is 0 Å². The molecule has 0 saturated heterocycles. The highest BCUT2D eigenvalue weighted by atomic mass is 16.5. The van der Waals surface area contributed by atoms with Crippen molar-refractivity contribution >= 4 is 11.9 Å². The molecule has 0 saturated carbocycles. The summed E-state index contributed by atoms with van der Waals surface area (Å²) < 4.78 is 4.88. The molecule has 1 aromatic rings. The summed E-state index contributed by atoms with van der Waals surface area (Å²) in [5.74, 6) is -2.19. The van der Waals surface area contributed by atoms with Crippen molar-refractivity contribution in [1.82, 2.24) is 5.32 Å². The number of rotatable bonds is 7. The minimum Gasteiger partial charge on any atom is -0.481 e. The Morgan fingerprint density at radius 2 is 2.00 bits per heavy atom. The number of hydrogen-bond donors (Lipinski definition) is 3. The van der Waals surface area contributed by atoms with Crippen LogP contribution in [-0.2, 0) is 14.3 Å². The molecule has 1 amide bonds. The van der Waals surface area contributed by atoms with Gasteiger partial charge in [-0.25, -0.2) is 0 Å².